The fourth-order valence-electron chi connectivity index (χ4n) is 1.61. The molecule has 0 aromatic rings. The summed E-state index contributed by atoms with van der Waals surface area (Å²) >= 11 is 0. The van der Waals surface area contributed by atoms with Crippen LogP contribution in [0.15, 0.2) is 12.2 Å². The summed E-state index contributed by atoms with van der Waals surface area (Å²) in [6, 6.07) is 0. The topological polar surface area (TPSA) is 66.8 Å². The van der Waals surface area contributed by atoms with Gasteiger partial charge in [-0.05, 0) is 0 Å². The Morgan fingerprint density at radius 2 is 1.75 bits per heavy atom. The van der Waals surface area contributed by atoms with E-state index >= 15 is 0 Å². The van der Waals surface area contributed by atoms with E-state index in [-0.39, 0.29) is 0 Å². The number of halogens is 6. The number of carbonyl (C=O) groups is 2. The van der Waals surface area contributed by atoms with Crippen LogP contribution in [-0.4, -0.2) is 53.1 Å². The number of carbonyl (C=O) groups excluding carboxylic acids is 1. The number of carboxylic acids is 1. The highest BCUT2D eigenvalue weighted by molar-refractivity contribution is 5.96. The minimum absolute atomic E-state index is 0.713. The first kappa shape index (κ1) is 16.3. The molecule has 0 aromatic carbocycles. The summed E-state index contributed by atoms with van der Waals surface area (Å²) in [5.41, 5.74) is -5.72. The number of carboxylic acid groups (broad SMARTS) is 1. The predicted octanol–water partition coefficient (Wildman–Crippen LogP) is 1.31. The third kappa shape index (κ3) is 2.32. The lowest BCUT2D eigenvalue weighted by atomic mass is 10.1. The monoisotopic (exact) mass is 307 g/mol. The van der Waals surface area contributed by atoms with Crippen LogP contribution in [0.3, 0.4) is 0 Å². The molecule has 1 aliphatic rings. The molecule has 0 unspecified atom stereocenters. The summed E-state index contributed by atoms with van der Waals surface area (Å²) in [7, 11) is 0. The van der Waals surface area contributed by atoms with Gasteiger partial charge >= 0.3 is 24.0 Å². The van der Waals surface area contributed by atoms with Crippen LogP contribution in [-0.2, 0) is 14.3 Å². The molecule has 1 rings (SSSR count). The summed E-state index contributed by atoms with van der Waals surface area (Å²) in [5, 5.41) is 8.42. The molecule has 0 spiro atoms. The zero-order valence-electron chi connectivity index (χ0n) is 9.51. The van der Waals surface area contributed by atoms with Crippen molar-refractivity contribution >= 4 is 11.9 Å². The Labute approximate surface area is 107 Å². The molecule has 11 heteroatoms. The number of hydrogen-bond acceptors (Lipinski definition) is 3. The molecule has 1 heterocycles. The zero-order chi connectivity index (χ0) is 15.9. The average molecular weight is 307 g/mol. The molecular weight excluding hydrogens is 300 g/mol. The van der Waals surface area contributed by atoms with Crippen molar-refractivity contribution in [1.82, 2.24) is 4.90 Å². The molecule has 20 heavy (non-hydrogen) atoms. The Bertz CT molecular complexity index is 440. The Kier molecular flexibility index (Phi) is 3.78. The van der Waals surface area contributed by atoms with E-state index in [1.165, 1.54) is 0 Å². The number of aliphatic carboxylic acids is 1. The Morgan fingerprint density at radius 1 is 1.30 bits per heavy atom. The number of alkyl halides is 6. The molecule has 1 aliphatic heterocycles. The smallest absolute Gasteiger partial charge is 0.446 e. The molecule has 1 fully saturated rings. The molecule has 1 N–H and O–H groups in total. The van der Waals surface area contributed by atoms with Crippen molar-refractivity contribution < 1.29 is 45.8 Å². The van der Waals surface area contributed by atoms with Gasteiger partial charge in [0.1, 0.15) is 6.54 Å². The Hall–Kier alpha value is -1.78. The maximum absolute atomic E-state index is 12.8. The van der Waals surface area contributed by atoms with Gasteiger partial charge in [0.05, 0.1) is 6.61 Å². The first-order chi connectivity index (χ1) is 8.84. The Morgan fingerprint density at radius 3 is 2.10 bits per heavy atom. The second-order valence-corrected chi connectivity index (χ2v) is 3.82. The molecule has 0 bridgehead atoms. The van der Waals surface area contributed by atoms with Gasteiger partial charge in [0.15, 0.2) is 0 Å². The molecule has 5 nitrogen and oxygen atoms in total. The van der Waals surface area contributed by atoms with Gasteiger partial charge in [-0.3, -0.25) is 14.5 Å². The van der Waals surface area contributed by atoms with Crippen LogP contribution in [0.25, 0.3) is 0 Å². The minimum atomic E-state index is -6.07. The summed E-state index contributed by atoms with van der Waals surface area (Å²) in [4.78, 5) is 21.0. The van der Waals surface area contributed by atoms with Gasteiger partial charge in [0.25, 0.3) is 5.91 Å². The van der Waals surface area contributed by atoms with Gasteiger partial charge in [-0.1, -0.05) is 6.58 Å². The van der Waals surface area contributed by atoms with Gasteiger partial charge in [0.2, 0.25) is 0 Å². The lowest BCUT2D eigenvalue weighted by Gasteiger charge is -2.46. The van der Waals surface area contributed by atoms with E-state index in [2.05, 4.69) is 11.3 Å². The van der Waals surface area contributed by atoms with Crippen molar-refractivity contribution in [1.29, 1.82) is 0 Å². The van der Waals surface area contributed by atoms with Crippen molar-refractivity contribution in [2.24, 2.45) is 0 Å². The number of ether oxygens (including phenoxy) is 1. The van der Waals surface area contributed by atoms with Gasteiger partial charge in [0, 0.05) is 5.57 Å². The fourth-order valence-corrected chi connectivity index (χ4v) is 1.61. The number of rotatable bonds is 2. The molecular formula is C9H7F6NO4. The summed E-state index contributed by atoms with van der Waals surface area (Å²) in [5.74, 6) is -3.84. The molecule has 0 radical (unpaired) electrons. The maximum Gasteiger partial charge on any atom is 0.446 e. The van der Waals surface area contributed by atoms with E-state index in [9.17, 15) is 35.9 Å². The number of nitrogens with zero attached hydrogens (tertiary/aromatic N) is 1. The van der Waals surface area contributed by atoms with E-state index in [0.29, 0.717) is 0 Å². The summed E-state index contributed by atoms with van der Waals surface area (Å²) in [6.07, 6.45) is -12.1. The highest BCUT2D eigenvalue weighted by atomic mass is 19.4. The first-order valence-corrected chi connectivity index (χ1v) is 4.83. The third-order valence-electron chi connectivity index (χ3n) is 2.44. The van der Waals surface area contributed by atoms with Crippen LogP contribution in [0, 0.1) is 0 Å². The first-order valence-electron chi connectivity index (χ1n) is 4.83. The van der Waals surface area contributed by atoms with Crippen LogP contribution in [0.1, 0.15) is 0 Å². The largest absolute Gasteiger partial charge is 0.480 e. The van der Waals surface area contributed by atoms with Gasteiger partial charge in [-0.15, -0.1) is 0 Å². The lowest BCUT2D eigenvalue weighted by molar-refractivity contribution is -0.422. The predicted molar refractivity (Wildman–Crippen MR) is 49.3 cm³/mol. The van der Waals surface area contributed by atoms with Crippen LogP contribution in [0.2, 0.25) is 0 Å². The minimum Gasteiger partial charge on any atom is -0.480 e. The van der Waals surface area contributed by atoms with Crippen molar-refractivity contribution in [3.8, 4) is 0 Å². The summed E-state index contributed by atoms with van der Waals surface area (Å²) < 4.78 is 80.8. The van der Waals surface area contributed by atoms with Gasteiger partial charge in [-0.25, -0.2) is 0 Å². The zero-order valence-corrected chi connectivity index (χ0v) is 9.51. The number of hydrogen-bond donors (Lipinski definition) is 1. The Balaban J connectivity index is 3.49. The van der Waals surface area contributed by atoms with Crippen LogP contribution in [0.5, 0.6) is 0 Å². The second-order valence-electron chi connectivity index (χ2n) is 3.82. The average Bonchev–Trinajstić information content (AvgIpc) is 2.20. The molecule has 114 valence electrons. The molecule has 1 amide bonds. The molecule has 0 saturated carbocycles. The van der Waals surface area contributed by atoms with Crippen molar-refractivity contribution in [3.63, 3.8) is 0 Å². The standard InChI is InChI=1S/C9H7F6NO4/c1-4-3-20-7(8(10,11)12,9(13,14)15)16(6(4)19)2-5(17)18/h1-3H2,(H,17,18). The third-order valence-corrected chi connectivity index (χ3v) is 2.44. The van der Waals surface area contributed by atoms with E-state index in [4.69, 9.17) is 5.11 Å². The fraction of sp³-hybridized carbons (Fsp3) is 0.556. The van der Waals surface area contributed by atoms with E-state index in [1.54, 1.807) is 0 Å². The van der Waals surface area contributed by atoms with Crippen molar-refractivity contribution in [3.05, 3.63) is 12.2 Å². The van der Waals surface area contributed by atoms with E-state index < -0.39 is 53.6 Å². The second kappa shape index (κ2) is 4.65. The normalized spacial score (nSPS) is 20.2. The maximum atomic E-state index is 12.8. The highest BCUT2D eigenvalue weighted by Gasteiger charge is 2.78. The van der Waals surface area contributed by atoms with Gasteiger partial charge in [-0.2, -0.15) is 26.3 Å². The number of amides is 1. The van der Waals surface area contributed by atoms with Crippen LogP contribution >= 0.6 is 0 Å². The van der Waals surface area contributed by atoms with Crippen molar-refractivity contribution in [2.75, 3.05) is 13.2 Å². The molecule has 1 saturated heterocycles. The van der Waals surface area contributed by atoms with Crippen LogP contribution < -0.4 is 0 Å². The highest BCUT2D eigenvalue weighted by Crippen LogP contribution is 2.50. The lowest BCUT2D eigenvalue weighted by Crippen LogP contribution is -2.73. The SMILES string of the molecule is C=C1COC(C(F)(F)F)(C(F)(F)F)N(CC(=O)O)C1=O. The van der Waals surface area contributed by atoms with Crippen molar-refractivity contribution in [2.45, 2.75) is 18.1 Å². The summed E-state index contributed by atoms with van der Waals surface area (Å²) in [6.45, 7) is -0.209. The van der Waals surface area contributed by atoms with Crippen LogP contribution in [0.4, 0.5) is 26.3 Å². The van der Waals surface area contributed by atoms with E-state index in [0.717, 1.165) is 0 Å². The molecule has 0 aliphatic carbocycles. The van der Waals surface area contributed by atoms with E-state index in [1.807, 2.05) is 0 Å². The van der Waals surface area contributed by atoms with Gasteiger partial charge < -0.3 is 9.84 Å². The molecule has 0 atom stereocenters. The molecule has 0 aromatic heterocycles. The quantitative estimate of drug-likeness (QED) is 0.617.